The Kier molecular flexibility index (Phi) is 7.27. The average molecular weight is 478 g/mol. The molecule has 0 unspecified atom stereocenters. The molecule has 5 aromatic rings. The number of carbonyl (C=O) groups excluding carboxylic acids is 1. The average Bonchev–Trinajstić information content (AvgIpc) is 3.26. The van der Waals surface area contributed by atoms with Crippen LogP contribution in [0.4, 0.5) is 0 Å². The Hall–Kier alpha value is -4.12. The van der Waals surface area contributed by atoms with Gasteiger partial charge < -0.3 is 14.6 Å². The minimum atomic E-state index is -0.0333. The van der Waals surface area contributed by atoms with E-state index in [0.717, 1.165) is 59.4 Å². The van der Waals surface area contributed by atoms with Crippen LogP contribution in [0.25, 0.3) is 21.8 Å². The Morgan fingerprint density at radius 1 is 0.889 bits per heavy atom. The van der Waals surface area contributed by atoms with Crippen LogP contribution in [0.5, 0.6) is 5.75 Å². The molecule has 1 heterocycles. The predicted octanol–water partition coefficient (Wildman–Crippen LogP) is 6.33. The molecule has 36 heavy (non-hydrogen) atoms. The fourth-order valence-electron chi connectivity index (χ4n) is 4.55. The van der Waals surface area contributed by atoms with E-state index in [4.69, 9.17) is 9.72 Å². The standard InChI is InChI=1S/C31H31N3O2/c1-23-16-18-25(19-17-23)31(35)32-20-7-15-30-33-27-12-4-5-13-28(27)34(30)21-8-22-36-29-14-6-10-24-9-2-3-11-26(24)29/h2-6,9-14,16-19H,7-8,15,20-22H2,1H3,(H,32,35). The van der Waals surface area contributed by atoms with Gasteiger partial charge in [0.1, 0.15) is 11.6 Å². The molecule has 0 aliphatic heterocycles. The predicted molar refractivity (Wildman–Crippen MR) is 146 cm³/mol. The molecule has 0 atom stereocenters. The summed E-state index contributed by atoms with van der Waals surface area (Å²) in [4.78, 5) is 17.3. The Labute approximate surface area is 211 Å². The topological polar surface area (TPSA) is 56.2 Å². The van der Waals surface area contributed by atoms with Crippen LogP contribution in [0.15, 0.2) is 91.0 Å². The largest absolute Gasteiger partial charge is 0.493 e. The van der Waals surface area contributed by atoms with Crippen molar-refractivity contribution in [1.82, 2.24) is 14.9 Å². The number of nitrogens with zero attached hydrogens (tertiary/aromatic N) is 2. The molecule has 5 heteroatoms. The summed E-state index contributed by atoms with van der Waals surface area (Å²) in [5, 5.41) is 5.36. The monoisotopic (exact) mass is 477 g/mol. The number of benzene rings is 4. The summed E-state index contributed by atoms with van der Waals surface area (Å²) in [6, 6.07) is 30.4. The summed E-state index contributed by atoms with van der Waals surface area (Å²) in [5.74, 6) is 1.94. The summed E-state index contributed by atoms with van der Waals surface area (Å²) < 4.78 is 8.46. The molecule has 0 aliphatic carbocycles. The number of ether oxygens (including phenoxy) is 1. The second kappa shape index (κ2) is 11.1. The molecule has 1 N–H and O–H groups in total. The van der Waals surface area contributed by atoms with Crippen molar-refractivity contribution in [1.29, 1.82) is 0 Å². The highest BCUT2D eigenvalue weighted by molar-refractivity contribution is 5.94. The van der Waals surface area contributed by atoms with Crippen LogP contribution >= 0.6 is 0 Å². The number of aryl methyl sites for hydroxylation is 3. The quantitative estimate of drug-likeness (QED) is 0.239. The van der Waals surface area contributed by atoms with Crippen LogP contribution in [-0.4, -0.2) is 28.6 Å². The van der Waals surface area contributed by atoms with Gasteiger partial charge in [0.2, 0.25) is 0 Å². The summed E-state index contributed by atoms with van der Waals surface area (Å²) in [5.41, 5.74) is 3.99. The first-order valence-corrected chi connectivity index (χ1v) is 12.6. The molecule has 0 aliphatic rings. The lowest BCUT2D eigenvalue weighted by Gasteiger charge is -2.12. The number of aromatic nitrogens is 2. The number of carbonyl (C=O) groups is 1. The zero-order valence-electron chi connectivity index (χ0n) is 20.6. The molecule has 0 saturated heterocycles. The van der Waals surface area contributed by atoms with E-state index in [-0.39, 0.29) is 5.91 Å². The van der Waals surface area contributed by atoms with Crippen molar-refractivity contribution in [3.63, 3.8) is 0 Å². The summed E-state index contributed by atoms with van der Waals surface area (Å²) in [6.45, 7) is 4.09. The molecule has 4 aromatic carbocycles. The molecule has 0 spiro atoms. The smallest absolute Gasteiger partial charge is 0.251 e. The molecule has 182 valence electrons. The van der Waals surface area contributed by atoms with Gasteiger partial charge in [0.05, 0.1) is 17.6 Å². The molecular weight excluding hydrogens is 446 g/mol. The zero-order valence-corrected chi connectivity index (χ0v) is 20.6. The van der Waals surface area contributed by atoms with Gasteiger partial charge in [-0.3, -0.25) is 4.79 Å². The molecule has 5 rings (SSSR count). The minimum Gasteiger partial charge on any atom is -0.493 e. The second-order valence-electron chi connectivity index (χ2n) is 9.07. The molecule has 5 nitrogen and oxygen atoms in total. The number of hydrogen-bond acceptors (Lipinski definition) is 3. The molecule has 0 bridgehead atoms. The van der Waals surface area contributed by atoms with E-state index in [1.54, 1.807) is 0 Å². The highest BCUT2D eigenvalue weighted by atomic mass is 16.5. The number of fused-ring (bicyclic) bond motifs is 2. The first kappa shape index (κ1) is 23.6. The number of nitrogens with one attached hydrogen (secondary N) is 1. The lowest BCUT2D eigenvalue weighted by Crippen LogP contribution is -2.25. The molecule has 1 amide bonds. The number of rotatable bonds is 10. The van der Waals surface area contributed by atoms with Gasteiger partial charge in [-0.2, -0.15) is 0 Å². The third-order valence-corrected chi connectivity index (χ3v) is 6.44. The van der Waals surface area contributed by atoms with Gasteiger partial charge in [-0.1, -0.05) is 66.2 Å². The van der Waals surface area contributed by atoms with Crippen molar-refractivity contribution in [2.45, 2.75) is 32.7 Å². The first-order chi connectivity index (χ1) is 17.7. The van der Waals surface area contributed by atoms with Crippen LogP contribution in [0, 0.1) is 6.92 Å². The van der Waals surface area contributed by atoms with E-state index in [1.807, 2.05) is 61.5 Å². The van der Waals surface area contributed by atoms with E-state index in [0.29, 0.717) is 18.7 Å². The third-order valence-electron chi connectivity index (χ3n) is 6.44. The van der Waals surface area contributed by atoms with Crippen molar-refractivity contribution in [2.24, 2.45) is 0 Å². The lowest BCUT2D eigenvalue weighted by atomic mass is 10.1. The summed E-state index contributed by atoms with van der Waals surface area (Å²) in [6.07, 6.45) is 2.50. The molecule has 0 fully saturated rings. The van der Waals surface area contributed by atoms with Gasteiger partial charge in [0, 0.05) is 30.5 Å². The van der Waals surface area contributed by atoms with Crippen LogP contribution < -0.4 is 10.1 Å². The SMILES string of the molecule is Cc1ccc(C(=O)NCCCc2nc3ccccc3n2CCCOc2cccc3ccccc23)cc1. The van der Waals surface area contributed by atoms with E-state index in [9.17, 15) is 4.79 Å². The van der Waals surface area contributed by atoms with Gasteiger partial charge in [-0.15, -0.1) is 0 Å². The van der Waals surface area contributed by atoms with Gasteiger partial charge in [0.15, 0.2) is 0 Å². The lowest BCUT2D eigenvalue weighted by molar-refractivity contribution is 0.0953. The number of imidazole rings is 1. The van der Waals surface area contributed by atoms with Crippen molar-refractivity contribution in [3.8, 4) is 5.75 Å². The molecule has 1 aromatic heterocycles. The van der Waals surface area contributed by atoms with E-state index in [1.165, 1.54) is 5.39 Å². The van der Waals surface area contributed by atoms with Crippen molar-refractivity contribution < 1.29 is 9.53 Å². The fraction of sp³-hybridized carbons (Fsp3) is 0.226. The Bertz CT molecular complexity index is 1470. The minimum absolute atomic E-state index is 0.0333. The summed E-state index contributed by atoms with van der Waals surface area (Å²) in [7, 11) is 0. The zero-order chi connectivity index (χ0) is 24.7. The number of hydrogen-bond donors (Lipinski definition) is 1. The van der Waals surface area contributed by atoms with Crippen LogP contribution in [0.3, 0.4) is 0 Å². The van der Waals surface area contributed by atoms with Crippen molar-refractivity contribution >= 4 is 27.7 Å². The normalized spacial score (nSPS) is 11.1. The van der Waals surface area contributed by atoms with E-state index < -0.39 is 0 Å². The molecule has 0 radical (unpaired) electrons. The van der Waals surface area contributed by atoms with Crippen LogP contribution in [0.2, 0.25) is 0 Å². The first-order valence-electron chi connectivity index (χ1n) is 12.6. The van der Waals surface area contributed by atoms with Gasteiger partial charge in [0.25, 0.3) is 5.91 Å². The Morgan fingerprint density at radius 3 is 2.56 bits per heavy atom. The fourth-order valence-corrected chi connectivity index (χ4v) is 4.55. The Balaban J connectivity index is 1.19. The Morgan fingerprint density at radius 2 is 1.67 bits per heavy atom. The molecule has 0 saturated carbocycles. The number of amides is 1. The maximum absolute atomic E-state index is 12.4. The van der Waals surface area contributed by atoms with E-state index >= 15 is 0 Å². The number of para-hydroxylation sites is 2. The van der Waals surface area contributed by atoms with Crippen LogP contribution in [-0.2, 0) is 13.0 Å². The summed E-state index contributed by atoms with van der Waals surface area (Å²) >= 11 is 0. The third kappa shape index (κ3) is 5.41. The highest BCUT2D eigenvalue weighted by Crippen LogP contribution is 2.25. The highest BCUT2D eigenvalue weighted by Gasteiger charge is 2.11. The van der Waals surface area contributed by atoms with Crippen molar-refractivity contribution in [3.05, 3.63) is 108 Å². The van der Waals surface area contributed by atoms with Gasteiger partial charge in [-0.05, 0) is 55.5 Å². The maximum atomic E-state index is 12.4. The van der Waals surface area contributed by atoms with Gasteiger partial charge >= 0.3 is 0 Å². The van der Waals surface area contributed by atoms with Crippen molar-refractivity contribution in [2.75, 3.05) is 13.2 Å². The van der Waals surface area contributed by atoms with Crippen LogP contribution in [0.1, 0.15) is 34.6 Å². The van der Waals surface area contributed by atoms with Gasteiger partial charge in [-0.25, -0.2) is 4.98 Å². The molecular formula is C31H31N3O2. The maximum Gasteiger partial charge on any atom is 0.251 e. The van der Waals surface area contributed by atoms with E-state index in [2.05, 4.69) is 46.3 Å². The second-order valence-corrected chi connectivity index (χ2v) is 9.07.